The van der Waals surface area contributed by atoms with Crippen molar-refractivity contribution in [2.24, 2.45) is 7.05 Å². The van der Waals surface area contributed by atoms with Crippen molar-refractivity contribution in [1.82, 2.24) is 29.5 Å². The maximum absolute atomic E-state index is 12.2. The number of alkyl halides is 3. The van der Waals surface area contributed by atoms with E-state index in [2.05, 4.69) is 20.5 Å². The zero-order valence-electron chi connectivity index (χ0n) is 16.1. The minimum Gasteiger partial charge on any atom is -0.329 e. The van der Waals surface area contributed by atoms with Gasteiger partial charge in [0.2, 0.25) is 0 Å². The Bertz CT molecular complexity index is 1320. The third-order valence-electron chi connectivity index (χ3n) is 4.52. The topological polar surface area (TPSA) is 92.0 Å². The van der Waals surface area contributed by atoms with E-state index in [1.165, 1.54) is 0 Å². The molecule has 1 aromatic carbocycles. The summed E-state index contributed by atoms with van der Waals surface area (Å²) in [4.78, 5) is 16.1. The maximum atomic E-state index is 12.2. The van der Waals surface area contributed by atoms with Crippen molar-refractivity contribution in [1.29, 1.82) is 0 Å². The van der Waals surface area contributed by atoms with E-state index in [1.54, 1.807) is 34.3 Å². The Morgan fingerprint density at radius 3 is 2.74 bits per heavy atom. The lowest BCUT2D eigenvalue weighted by Crippen LogP contribution is -2.36. The summed E-state index contributed by atoms with van der Waals surface area (Å²) in [5, 5.41) is 11.1. The smallest absolute Gasteiger partial charge is 0.329 e. The van der Waals surface area contributed by atoms with Crippen molar-refractivity contribution in [2.75, 3.05) is 11.9 Å². The van der Waals surface area contributed by atoms with Crippen LogP contribution in [0.25, 0.3) is 28.3 Å². The molecule has 0 aliphatic carbocycles. The van der Waals surface area contributed by atoms with Crippen molar-refractivity contribution < 1.29 is 18.0 Å². The Morgan fingerprint density at radius 1 is 1.23 bits per heavy atom. The Kier molecular flexibility index (Phi) is 5.23. The van der Waals surface area contributed by atoms with E-state index in [0.717, 1.165) is 16.8 Å². The summed E-state index contributed by atoms with van der Waals surface area (Å²) in [7, 11) is 1.81. The molecule has 0 aliphatic heterocycles. The van der Waals surface area contributed by atoms with E-state index in [4.69, 9.17) is 12.2 Å². The lowest BCUT2D eigenvalue weighted by atomic mass is 10.1. The standard InChI is InChI=1S/C19H16F3N7OS/c1-28-16(26-27-18(28)31)12-5-6-29-14(9-23-15(29)8-12)11-3-2-4-13(7-11)25-17(30)24-10-19(20,21)22/h2-9H,10H2,1H3,(H,27,31)(H2,24,25,30). The fourth-order valence-corrected chi connectivity index (χ4v) is 3.18. The van der Waals surface area contributed by atoms with E-state index in [-0.39, 0.29) is 0 Å². The number of hydrogen-bond acceptors (Lipinski definition) is 4. The Morgan fingerprint density at radius 2 is 2.03 bits per heavy atom. The number of aromatic nitrogens is 5. The number of carbonyl (C=O) groups is 1. The highest BCUT2D eigenvalue weighted by Gasteiger charge is 2.27. The number of fused-ring (bicyclic) bond motifs is 1. The lowest BCUT2D eigenvalue weighted by Gasteiger charge is -2.11. The highest BCUT2D eigenvalue weighted by Crippen LogP contribution is 2.26. The van der Waals surface area contributed by atoms with Crippen LogP contribution in [0.4, 0.5) is 23.7 Å². The maximum Gasteiger partial charge on any atom is 0.405 e. The van der Waals surface area contributed by atoms with Gasteiger partial charge in [0.15, 0.2) is 10.6 Å². The third kappa shape index (κ3) is 4.43. The first kappa shape index (κ1) is 20.6. The third-order valence-corrected chi connectivity index (χ3v) is 4.88. The molecular formula is C19H16F3N7OS. The van der Waals surface area contributed by atoms with E-state index >= 15 is 0 Å². The first-order valence-corrected chi connectivity index (χ1v) is 9.43. The average Bonchev–Trinajstić information content (AvgIpc) is 3.29. The fourth-order valence-electron chi connectivity index (χ4n) is 3.05. The van der Waals surface area contributed by atoms with Crippen molar-refractivity contribution in [3.05, 3.63) is 53.6 Å². The number of nitrogens with one attached hydrogen (secondary N) is 3. The second-order valence-corrected chi connectivity index (χ2v) is 7.09. The van der Waals surface area contributed by atoms with Crippen LogP contribution in [-0.4, -0.2) is 42.9 Å². The van der Waals surface area contributed by atoms with Crippen LogP contribution in [0.1, 0.15) is 0 Å². The summed E-state index contributed by atoms with van der Waals surface area (Å²) in [6.45, 7) is -1.41. The van der Waals surface area contributed by atoms with Gasteiger partial charge in [-0.3, -0.25) is 9.50 Å². The summed E-state index contributed by atoms with van der Waals surface area (Å²) in [5.41, 5.74) is 3.33. The van der Waals surface area contributed by atoms with Gasteiger partial charge in [-0.05, 0) is 36.5 Å². The van der Waals surface area contributed by atoms with Gasteiger partial charge < -0.3 is 15.2 Å². The number of hydrogen-bond donors (Lipinski definition) is 3. The number of H-pyrrole nitrogens is 1. The van der Waals surface area contributed by atoms with Gasteiger partial charge >= 0.3 is 12.2 Å². The molecule has 0 saturated heterocycles. The quantitative estimate of drug-likeness (QED) is 0.410. The molecule has 4 rings (SSSR count). The van der Waals surface area contributed by atoms with Crippen LogP contribution in [0.3, 0.4) is 0 Å². The second kappa shape index (κ2) is 7.87. The van der Waals surface area contributed by atoms with Crippen LogP contribution in [-0.2, 0) is 7.05 Å². The highest BCUT2D eigenvalue weighted by molar-refractivity contribution is 7.71. The lowest BCUT2D eigenvalue weighted by molar-refractivity contribution is -0.122. The SMILES string of the molecule is Cn1c(-c2ccn3c(-c4cccc(NC(=O)NCC(F)(F)F)c4)cnc3c2)n[nH]c1=S. The van der Waals surface area contributed by atoms with Crippen LogP contribution in [0.2, 0.25) is 0 Å². The summed E-state index contributed by atoms with van der Waals surface area (Å²) < 4.78 is 40.9. The Labute approximate surface area is 178 Å². The van der Waals surface area contributed by atoms with Crippen LogP contribution >= 0.6 is 12.2 Å². The van der Waals surface area contributed by atoms with Crippen LogP contribution in [0.5, 0.6) is 0 Å². The van der Waals surface area contributed by atoms with Gasteiger partial charge in [0.1, 0.15) is 12.2 Å². The number of carbonyl (C=O) groups excluding carboxylic acids is 1. The molecule has 12 heteroatoms. The van der Waals surface area contributed by atoms with E-state index in [9.17, 15) is 18.0 Å². The molecule has 0 atom stereocenters. The van der Waals surface area contributed by atoms with Crippen molar-refractivity contribution in [3.8, 4) is 22.6 Å². The highest BCUT2D eigenvalue weighted by atomic mass is 32.1. The number of benzene rings is 1. The molecule has 0 bridgehead atoms. The molecule has 0 radical (unpaired) electrons. The zero-order valence-corrected chi connectivity index (χ0v) is 16.9. The second-order valence-electron chi connectivity index (χ2n) is 6.70. The summed E-state index contributed by atoms with van der Waals surface area (Å²) in [6.07, 6.45) is -0.972. The predicted molar refractivity (Wildman–Crippen MR) is 111 cm³/mol. The van der Waals surface area contributed by atoms with Gasteiger partial charge in [0.05, 0.1) is 11.9 Å². The molecular weight excluding hydrogens is 431 g/mol. The number of urea groups is 1. The molecule has 3 aromatic heterocycles. The number of aromatic amines is 1. The molecule has 0 spiro atoms. The van der Waals surface area contributed by atoms with Gasteiger partial charge in [0.25, 0.3) is 0 Å². The first-order chi connectivity index (χ1) is 14.7. The van der Waals surface area contributed by atoms with Crippen molar-refractivity contribution >= 4 is 29.6 Å². The molecule has 31 heavy (non-hydrogen) atoms. The molecule has 2 amide bonds. The van der Waals surface area contributed by atoms with Gasteiger partial charge in [-0.2, -0.15) is 18.3 Å². The molecule has 0 saturated carbocycles. The zero-order chi connectivity index (χ0) is 22.2. The minimum absolute atomic E-state index is 0.352. The molecule has 3 heterocycles. The van der Waals surface area contributed by atoms with Crippen LogP contribution in [0.15, 0.2) is 48.8 Å². The predicted octanol–water partition coefficient (Wildman–Crippen LogP) is 4.14. The number of pyridine rings is 1. The average molecular weight is 447 g/mol. The van der Waals surface area contributed by atoms with Gasteiger partial charge in [0, 0.05) is 30.1 Å². The van der Waals surface area contributed by atoms with Gasteiger partial charge in [-0.15, -0.1) is 0 Å². The van der Waals surface area contributed by atoms with E-state index in [1.807, 2.05) is 35.8 Å². The fraction of sp³-hybridized carbons (Fsp3) is 0.158. The Hall–Kier alpha value is -3.67. The molecule has 160 valence electrons. The molecule has 0 aliphatic rings. The molecule has 8 nitrogen and oxygen atoms in total. The molecule has 0 fully saturated rings. The number of nitrogens with zero attached hydrogens (tertiary/aromatic N) is 4. The normalized spacial score (nSPS) is 11.6. The minimum atomic E-state index is -4.48. The number of amides is 2. The van der Waals surface area contributed by atoms with E-state index in [0.29, 0.717) is 21.9 Å². The summed E-state index contributed by atoms with van der Waals surface area (Å²) >= 11 is 5.15. The van der Waals surface area contributed by atoms with Crippen LogP contribution in [0, 0.1) is 4.77 Å². The number of halogens is 3. The van der Waals surface area contributed by atoms with E-state index < -0.39 is 18.8 Å². The van der Waals surface area contributed by atoms with Gasteiger partial charge in [-0.25, -0.2) is 9.78 Å². The Balaban J connectivity index is 1.59. The first-order valence-electron chi connectivity index (χ1n) is 9.02. The number of anilines is 1. The van der Waals surface area contributed by atoms with Crippen molar-refractivity contribution in [3.63, 3.8) is 0 Å². The summed E-state index contributed by atoms with van der Waals surface area (Å²) in [5.74, 6) is 0.674. The van der Waals surface area contributed by atoms with Crippen molar-refractivity contribution in [2.45, 2.75) is 6.18 Å². The van der Waals surface area contributed by atoms with Crippen LogP contribution < -0.4 is 10.6 Å². The molecule has 0 unspecified atom stereocenters. The number of imidazole rings is 1. The summed E-state index contributed by atoms with van der Waals surface area (Å²) in [6, 6.07) is 9.54. The van der Waals surface area contributed by atoms with Gasteiger partial charge in [-0.1, -0.05) is 12.1 Å². The largest absolute Gasteiger partial charge is 0.405 e. The monoisotopic (exact) mass is 447 g/mol. The molecule has 3 N–H and O–H groups in total. The number of rotatable bonds is 4. The molecule has 4 aromatic rings.